The maximum Gasteiger partial charge on any atom is 0.314 e. The maximum absolute atomic E-state index is 11.4. The molecule has 1 fully saturated rings. The first-order valence-electron chi connectivity index (χ1n) is 7.19. The number of carboxylic acid groups (broad SMARTS) is 1. The monoisotopic (exact) mass is 298 g/mol. The van der Waals surface area contributed by atoms with E-state index in [4.69, 9.17) is 9.47 Å². The molecule has 0 spiro atoms. The summed E-state index contributed by atoms with van der Waals surface area (Å²) < 4.78 is 12.0. The van der Waals surface area contributed by atoms with E-state index in [0.29, 0.717) is 0 Å². The molecule has 0 atom stereocenters. The van der Waals surface area contributed by atoms with Crippen molar-refractivity contribution in [2.45, 2.75) is 12.7 Å². The van der Waals surface area contributed by atoms with Crippen molar-refractivity contribution in [3.63, 3.8) is 0 Å². The van der Waals surface area contributed by atoms with Crippen LogP contribution in [0.2, 0.25) is 0 Å². The van der Waals surface area contributed by atoms with E-state index in [1.807, 2.05) is 60.7 Å². The van der Waals surface area contributed by atoms with Crippen molar-refractivity contribution >= 4 is 5.97 Å². The number of hydrogen-bond acceptors (Lipinski definition) is 3. The van der Waals surface area contributed by atoms with Gasteiger partial charge < -0.3 is 14.6 Å². The molecule has 1 aliphatic rings. The molecule has 4 nitrogen and oxygen atoms in total. The summed E-state index contributed by atoms with van der Waals surface area (Å²) in [6.45, 7) is 1.81. The van der Waals surface area contributed by atoms with Crippen molar-refractivity contribution in [3.05, 3.63) is 71.8 Å². The minimum Gasteiger partial charge on any atom is -0.481 e. The van der Waals surface area contributed by atoms with Crippen LogP contribution in [0.3, 0.4) is 0 Å². The van der Waals surface area contributed by atoms with Crippen LogP contribution in [0.1, 0.15) is 18.1 Å². The number of rotatable bonds is 3. The van der Waals surface area contributed by atoms with Crippen molar-refractivity contribution in [2.24, 2.45) is 5.41 Å². The lowest BCUT2D eigenvalue weighted by molar-refractivity contribution is -0.285. The third-order valence-corrected chi connectivity index (χ3v) is 4.01. The SMILES string of the molecule is CC1(C(=O)O)COC(c2ccccc2)(c2ccccc2)OC1. The second kappa shape index (κ2) is 5.55. The number of ether oxygens (including phenoxy) is 2. The lowest BCUT2D eigenvalue weighted by Crippen LogP contribution is -2.50. The molecule has 2 aromatic carbocycles. The molecule has 1 heterocycles. The van der Waals surface area contributed by atoms with Crippen LogP contribution in [0.15, 0.2) is 60.7 Å². The molecule has 0 saturated carbocycles. The van der Waals surface area contributed by atoms with E-state index < -0.39 is 17.2 Å². The minimum absolute atomic E-state index is 0.0894. The highest BCUT2D eigenvalue weighted by Crippen LogP contribution is 2.41. The van der Waals surface area contributed by atoms with Crippen LogP contribution in [0.4, 0.5) is 0 Å². The van der Waals surface area contributed by atoms with Gasteiger partial charge in [-0.25, -0.2) is 0 Å². The summed E-state index contributed by atoms with van der Waals surface area (Å²) in [5.41, 5.74) is 0.676. The highest BCUT2D eigenvalue weighted by molar-refractivity contribution is 5.74. The molecule has 0 unspecified atom stereocenters. The van der Waals surface area contributed by atoms with Crippen LogP contribution >= 0.6 is 0 Å². The number of benzene rings is 2. The fourth-order valence-electron chi connectivity index (χ4n) is 2.54. The van der Waals surface area contributed by atoms with Gasteiger partial charge >= 0.3 is 5.97 Å². The minimum atomic E-state index is -1.06. The normalized spacial score (nSPS) is 19.5. The summed E-state index contributed by atoms with van der Waals surface area (Å²) >= 11 is 0. The van der Waals surface area contributed by atoms with Gasteiger partial charge in [-0.2, -0.15) is 0 Å². The smallest absolute Gasteiger partial charge is 0.314 e. The first-order chi connectivity index (χ1) is 10.6. The summed E-state index contributed by atoms with van der Waals surface area (Å²) in [5.74, 6) is -1.97. The molecule has 1 saturated heterocycles. The van der Waals surface area contributed by atoms with Crippen LogP contribution in [0.25, 0.3) is 0 Å². The Hall–Kier alpha value is -2.17. The molecule has 0 amide bonds. The van der Waals surface area contributed by atoms with Crippen molar-refractivity contribution in [2.75, 3.05) is 13.2 Å². The quantitative estimate of drug-likeness (QED) is 0.946. The average molecular weight is 298 g/mol. The standard InChI is InChI=1S/C18H18O4/c1-17(16(19)20)12-21-18(22-13-17,14-8-4-2-5-9-14)15-10-6-3-7-11-15/h2-11H,12-13H2,1H3,(H,19,20). The zero-order valence-corrected chi connectivity index (χ0v) is 12.4. The number of hydrogen-bond donors (Lipinski definition) is 1. The molecular formula is C18H18O4. The second-order valence-electron chi connectivity index (χ2n) is 5.79. The van der Waals surface area contributed by atoms with Crippen LogP contribution in [0.5, 0.6) is 0 Å². The number of carbonyl (C=O) groups is 1. The van der Waals surface area contributed by atoms with E-state index >= 15 is 0 Å². The fraction of sp³-hybridized carbons (Fsp3) is 0.278. The zero-order chi connectivity index (χ0) is 15.6. The molecule has 0 aromatic heterocycles. The Bertz CT molecular complexity index is 602. The van der Waals surface area contributed by atoms with Gasteiger partial charge in [0, 0.05) is 11.1 Å². The molecule has 3 rings (SSSR count). The lowest BCUT2D eigenvalue weighted by Gasteiger charge is -2.43. The summed E-state index contributed by atoms with van der Waals surface area (Å²) in [7, 11) is 0. The molecule has 0 aliphatic carbocycles. The van der Waals surface area contributed by atoms with Crippen molar-refractivity contribution in [1.29, 1.82) is 0 Å². The van der Waals surface area contributed by atoms with E-state index in [0.717, 1.165) is 11.1 Å². The van der Waals surface area contributed by atoms with Gasteiger partial charge in [0.1, 0.15) is 5.41 Å². The van der Waals surface area contributed by atoms with E-state index in [1.165, 1.54) is 0 Å². The number of aliphatic carboxylic acids is 1. The van der Waals surface area contributed by atoms with Crippen LogP contribution in [-0.4, -0.2) is 24.3 Å². The third kappa shape index (κ3) is 2.40. The van der Waals surface area contributed by atoms with Gasteiger partial charge in [-0.3, -0.25) is 4.79 Å². The molecule has 4 heteroatoms. The predicted octanol–water partition coefficient (Wildman–Crippen LogP) is 3.03. The van der Waals surface area contributed by atoms with Gasteiger partial charge in [0.15, 0.2) is 0 Å². The number of carboxylic acids is 1. The predicted molar refractivity (Wildman–Crippen MR) is 81.3 cm³/mol. The van der Waals surface area contributed by atoms with Crippen molar-refractivity contribution in [1.82, 2.24) is 0 Å². The highest BCUT2D eigenvalue weighted by atomic mass is 16.7. The van der Waals surface area contributed by atoms with Gasteiger partial charge in [0.05, 0.1) is 13.2 Å². The zero-order valence-electron chi connectivity index (χ0n) is 12.4. The summed E-state index contributed by atoms with van der Waals surface area (Å²) in [6.07, 6.45) is 0. The Balaban J connectivity index is 2.02. The van der Waals surface area contributed by atoms with Crippen molar-refractivity contribution in [3.8, 4) is 0 Å². The van der Waals surface area contributed by atoms with Crippen LogP contribution < -0.4 is 0 Å². The van der Waals surface area contributed by atoms with E-state index in [-0.39, 0.29) is 13.2 Å². The average Bonchev–Trinajstić information content (AvgIpc) is 2.57. The molecule has 22 heavy (non-hydrogen) atoms. The Kier molecular flexibility index (Phi) is 3.72. The summed E-state index contributed by atoms with van der Waals surface area (Å²) in [5, 5.41) is 9.35. The summed E-state index contributed by atoms with van der Waals surface area (Å²) in [4.78, 5) is 11.4. The highest BCUT2D eigenvalue weighted by Gasteiger charge is 2.48. The second-order valence-corrected chi connectivity index (χ2v) is 5.79. The Morgan fingerprint density at radius 2 is 1.32 bits per heavy atom. The van der Waals surface area contributed by atoms with Crippen LogP contribution in [0, 0.1) is 5.41 Å². The lowest BCUT2D eigenvalue weighted by atomic mass is 9.89. The van der Waals surface area contributed by atoms with E-state index in [9.17, 15) is 9.90 Å². The van der Waals surface area contributed by atoms with Gasteiger partial charge in [0.25, 0.3) is 0 Å². The van der Waals surface area contributed by atoms with Crippen LogP contribution in [-0.2, 0) is 20.1 Å². The first-order valence-corrected chi connectivity index (χ1v) is 7.19. The van der Waals surface area contributed by atoms with Crippen molar-refractivity contribution < 1.29 is 19.4 Å². The van der Waals surface area contributed by atoms with Gasteiger partial charge in [-0.05, 0) is 6.92 Å². The van der Waals surface area contributed by atoms with Gasteiger partial charge in [-0.15, -0.1) is 0 Å². The molecule has 0 radical (unpaired) electrons. The van der Waals surface area contributed by atoms with E-state index in [1.54, 1.807) is 6.92 Å². The third-order valence-electron chi connectivity index (χ3n) is 4.01. The first kappa shape index (κ1) is 14.8. The topological polar surface area (TPSA) is 55.8 Å². The maximum atomic E-state index is 11.4. The molecular weight excluding hydrogens is 280 g/mol. The molecule has 1 aliphatic heterocycles. The molecule has 0 bridgehead atoms. The Morgan fingerprint density at radius 3 is 1.68 bits per heavy atom. The van der Waals surface area contributed by atoms with E-state index in [2.05, 4.69) is 0 Å². The fourth-order valence-corrected chi connectivity index (χ4v) is 2.54. The largest absolute Gasteiger partial charge is 0.481 e. The molecule has 1 N–H and O–H groups in total. The molecule has 114 valence electrons. The summed E-state index contributed by atoms with van der Waals surface area (Å²) in [6, 6.07) is 19.2. The Morgan fingerprint density at radius 1 is 0.909 bits per heavy atom. The van der Waals surface area contributed by atoms with Gasteiger partial charge in [0.2, 0.25) is 5.79 Å². The Labute approximate surface area is 129 Å². The van der Waals surface area contributed by atoms with Gasteiger partial charge in [-0.1, -0.05) is 60.7 Å². The molecule has 2 aromatic rings.